The zero-order valence-corrected chi connectivity index (χ0v) is 16.6. The first-order valence-corrected chi connectivity index (χ1v) is 11.4. The molecule has 0 atom stereocenters. The van der Waals surface area contributed by atoms with E-state index >= 15 is 0 Å². The summed E-state index contributed by atoms with van der Waals surface area (Å²) in [6, 6.07) is 3.04. The van der Waals surface area contributed by atoms with E-state index in [1.165, 1.54) is 32.4 Å². The molecule has 1 aromatic rings. The molecule has 4 aliphatic carbocycles. The quantitative estimate of drug-likeness (QED) is 0.822. The Bertz CT molecular complexity index is 754. The Morgan fingerprint density at radius 3 is 2.28 bits per heavy atom. The lowest BCUT2D eigenvalue weighted by molar-refractivity contribution is -0.126. The van der Waals surface area contributed by atoms with Crippen molar-refractivity contribution in [3.63, 3.8) is 0 Å². The zero-order chi connectivity index (χ0) is 17.8. The van der Waals surface area contributed by atoms with E-state index in [0.717, 1.165) is 52.7 Å². The van der Waals surface area contributed by atoms with E-state index in [1.54, 1.807) is 6.07 Å². The fourth-order valence-corrected chi connectivity index (χ4v) is 8.30. The number of amides is 1. The number of carbonyl (C=O) groups excluding carboxylic acids is 1. The number of thiophene rings is 1. The molecule has 4 saturated carbocycles. The van der Waals surface area contributed by atoms with Crippen molar-refractivity contribution in [2.75, 3.05) is 13.6 Å². The lowest BCUT2D eigenvalue weighted by Crippen LogP contribution is -2.61. The van der Waals surface area contributed by atoms with Gasteiger partial charge in [0.05, 0.1) is 10.9 Å². The topological polar surface area (TPSA) is 66.5 Å². The molecule has 0 radical (unpaired) electrons. The zero-order valence-electron chi connectivity index (χ0n) is 14.2. The SMILES string of the molecule is CN(CC(=O)NC12CC3CC(CC(C3)C1)C2)S(=O)(=O)c1ccc(Cl)s1. The van der Waals surface area contributed by atoms with Gasteiger partial charge in [-0.2, -0.15) is 4.31 Å². The molecular formula is C17H23ClN2O3S2. The number of sulfonamides is 1. The molecule has 1 aromatic heterocycles. The first-order chi connectivity index (χ1) is 11.8. The Balaban J connectivity index is 1.42. The van der Waals surface area contributed by atoms with Crippen LogP contribution in [0.5, 0.6) is 0 Å². The van der Waals surface area contributed by atoms with Crippen LogP contribution in [0.3, 0.4) is 0 Å². The number of hydrogen-bond acceptors (Lipinski definition) is 4. The van der Waals surface area contributed by atoms with Crippen LogP contribution in [0.2, 0.25) is 4.34 Å². The highest BCUT2D eigenvalue weighted by Crippen LogP contribution is 2.55. The Kier molecular flexibility index (Phi) is 4.42. The predicted molar refractivity (Wildman–Crippen MR) is 98.2 cm³/mol. The van der Waals surface area contributed by atoms with Gasteiger partial charge in [-0.1, -0.05) is 11.6 Å². The van der Waals surface area contributed by atoms with Crippen LogP contribution in [0, 0.1) is 17.8 Å². The highest BCUT2D eigenvalue weighted by atomic mass is 35.5. The molecule has 4 aliphatic rings. The number of hydrogen-bond donors (Lipinski definition) is 1. The number of carbonyl (C=O) groups is 1. The minimum absolute atomic E-state index is 0.0946. The molecule has 0 spiro atoms. The van der Waals surface area contributed by atoms with Crippen molar-refractivity contribution < 1.29 is 13.2 Å². The Morgan fingerprint density at radius 1 is 1.24 bits per heavy atom. The van der Waals surface area contributed by atoms with Crippen molar-refractivity contribution in [3.05, 3.63) is 16.5 Å². The van der Waals surface area contributed by atoms with E-state index in [9.17, 15) is 13.2 Å². The van der Waals surface area contributed by atoms with E-state index < -0.39 is 10.0 Å². The normalized spacial score (nSPS) is 33.8. The first-order valence-electron chi connectivity index (χ1n) is 8.78. The van der Waals surface area contributed by atoms with Crippen molar-refractivity contribution >= 4 is 38.9 Å². The summed E-state index contributed by atoms with van der Waals surface area (Å²) in [6.45, 7) is -0.153. The van der Waals surface area contributed by atoms with Crippen LogP contribution in [0.4, 0.5) is 0 Å². The summed E-state index contributed by atoms with van der Waals surface area (Å²) >= 11 is 6.85. The minimum atomic E-state index is -3.67. The second kappa shape index (κ2) is 6.22. The van der Waals surface area contributed by atoms with Crippen LogP contribution in [0.1, 0.15) is 38.5 Å². The van der Waals surface area contributed by atoms with Gasteiger partial charge in [0, 0.05) is 12.6 Å². The van der Waals surface area contributed by atoms with Gasteiger partial charge in [-0.05, 0) is 68.4 Å². The van der Waals surface area contributed by atoms with Crippen molar-refractivity contribution in [2.45, 2.75) is 48.3 Å². The highest BCUT2D eigenvalue weighted by molar-refractivity contribution is 7.91. The van der Waals surface area contributed by atoms with Crippen LogP contribution < -0.4 is 5.32 Å². The van der Waals surface area contributed by atoms with Crippen LogP contribution in [-0.2, 0) is 14.8 Å². The van der Waals surface area contributed by atoms with Gasteiger partial charge in [-0.3, -0.25) is 4.79 Å². The third kappa shape index (κ3) is 3.36. The maximum Gasteiger partial charge on any atom is 0.252 e. The summed E-state index contributed by atoms with van der Waals surface area (Å²) in [4.78, 5) is 12.6. The summed E-state index contributed by atoms with van der Waals surface area (Å²) in [5.74, 6) is 2.01. The molecule has 0 unspecified atom stereocenters. The van der Waals surface area contributed by atoms with Crippen molar-refractivity contribution in [1.29, 1.82) is 0 Å². The summed E-state index contributed by atoms with van der Waals surface area (Å²) in [5, 5.41) is 3.22. The molecule has 4 fully saturated rings. The largest absolute Gasteiger partial charge is 0.349 e. The highest BCUT2D eigenvalue weighted by Gasteiger charge is 2.51. The third-order valence-corrected chi connectivity index (χ3v) is 9.52. The van der Waals surface area contributed by atoms with Crippen molar-refractivity contribution in [3.8, 4) is 0 Å². The summed E-state index contributed by atoms with van der Waals surface area (Å²) in [7, 11) is -2.23. The third-order valence-electron chi connectivity index (χ3n) is 6.02. The second-order valence-corrected chi connectivity index (χ2v) is 12.1. The van der Waals surface area contributed by atoms with E-state index in [4.69, 9.17) is 11.6 Å². The van der Waals surface area contributed by atoms with Gasteiger partial charge >= 0.3 is 0 Å². The number of likely N-dealkylation sites (N-methyl/N-ethyl adjacent to an activating group) is 1. The Labute approximate surface area is 157 Å². The molecule has 5 nitrogen and oxygen atoms in total. The molecule has 0 aromatic carbocycles. The Morgan fingerprint density at radius 2 is 1.80 bits per heavy atom. The van der Waals surface area contributed by atoms with Gasteiger partial charge in [0.25, 0.3) is 10.0 Å². The van der Waals surface area contributed by atoms with Crippen LogP contribution in [0.15, 0.2) is 16.3 Å². The number of nitrogens with one attached hydrogen (secondary N) is 1. The van der Waals surface area contributed by atoms with Gasteiger partial charge in [-0.15, -0.1) is 11.3 Å². The molecular weight excluding hydrogens is 380 g/mol. The first kappa shape index (κ1) is 17.8. The molecule has 5 rings (SSSR count). The molecule has 0 saturated heterocycles. The molecule has 138 valence electrons. The lowest BCUT2D eigenvalue weighted by atomic mass is 9.53. The van der Waals surface area contributed by atoms with E-state index in [0.29, 0.717) is 4.34 Å². The molecule has 1 heterocycles. The fraction of sp³-hybridized carbons (Fsp3) is 0.706. The van der Waals surface area contributed by atoms with Crippen LogP contribution in [-0.4, -0.2) is 37.8 Å². The average Bonchev–Trinajstić information content (AvgIpc) is 2.92. The maximum absolute atomic E-state index is 12.6. The standard InChI is InChI=1S/C17H23ClN2O3S2/c1-20(25(22,23)16-3-2-14(18)24-16)10-15(21)19-17-7-11-4-12(8-17)6-13(5-11)9-17/h2-3,11-13H,4-10H2,1H3,(H,19,21). The summed E-state index contributed by atoms with van der Waals surface area (Å²) < 4.78 is 26.8. The number of rotatable bonds is 5. The average molecular weight is 403 g/mol. The Hall–Kier alpha value is -0.630. The fourth-order valence-electron chi connectivity index (χ4n) is 5.48. The van der Waals surface area contributed by atoms with Gasteiger partial charge in [0.15, 0.2) is 0 Å². The number of nitrogens with zero attached hydrogens (tertiary/aromatic N) is 1. The van der Waals surface area contributed by atoms with Crippen molar-refractivity contribution in [2.24, 2.45) is 17.8 Å². The van der Waals surface area contributed by atoms with E-state index in [-0.39, 0.29) is 22.2 Å². The monoisotopic (exact) mass is 402 g/mol. The van der Waals surface area contributed by atoms with Gasteiger partial charge in [0.2, 0.25) is 5.91 Å². The summed E-state index contributed by atoms with van der Waals surface area (Å²) in [6.07, 6.45) is 7.10. The van der Waals surface area contributed by atoms with E-state index in [1.807, 2.05) is 0 Å². The van der Waals surface area contributed by atoms with Gasteiger partial charge in [0.1, 0.15) is 4.21 Å². The molecule has 0 aliphatic heterocycles. The van der Waals surface area contributed by atoms with Crippen LogP contribution in [0.25, 0.3) is 0 Å². The molecule has 1 amide bonds. The second-order valence-electron chi connectivity index (χ2n) is 8.07. The summed E-state index contributed by atoms with van der Waals surface area (Å²) in [5.41, 5.74) is -0.0946. The maximum atomic E-state index is 12.6. The number of halogens is 1. The molecule has 8 heteroatoms. The van der Waals surface area contributed by atoms with Gasteiger partial charge < -0.3 is 5.32 Å². The molecule has 25 heavy (non-hydrogen) atoms. The predicted octanol–water partition coefficient (Wildman–Crippen LogP) is 3.11. The van der Waals surface area contributed by atoms with E-state index in [2.05, 4.69) is 5.32 Å². The molecule has 4 bridgehead atoms. The minimum Gasteiger partial charge on any atom is -0.349 e. The molecule has 1 N–H and O–H groups in total. The smallest absolute Gasteiger partial charge is 0.252 e. The van der Waals surface area contributed by atoms with Crippen LogP contribution >= 0.6 is 22.9 Å². The van der Waals surface area contributed by atoms with Gasteiger partial charge in [-0.25, -0.2) is 8.42 Å². The lowest BCUT2D eigenvalue weighted by Gasteiger charge is -2.57. The van der Waals surface area contributed by atoms with Crippen molar-refractivity contribution in [1.82, 2.24) is 9.62 Å².